The van der Waals surface area contributed by atoms with Gasteiger partial charge in [0.1, 0.15) is 18.0 Å². The van der Waals surface area contributed by atoms with Crippen molar-refractivity contribution in [2.45, 2.75) is 50.8 Å². The number of fused-ring (bicyclic) bond motifs is 1. The van der Waals surface area contributed by atoms with Gasteiger partial charge in [-0.2, -0.15) is 0 Å². The SMILES string of the molecule is COC(=O)CC(=O)C[C@H](O)/C=C/[C@H]1[C@H](c2ccc(F)cc2)c2ccccc2N1C(C)C. The third kappa shape index (κ3) is 5.20. The molecule has 164 valence electrons. The van der Waals surface area contributed by atoms with E-state index in [0.29, 0.717) is 0 Å². The highest BCUT2D eigenvalue weighted by Gasteiger charge is 2.38. The van der Waals surface area contributed by atoms with Gasteiger partial charge in [-0.15, -0.1) is 0 Å². The second-order valence-electron chi connectivity index (χ2n) is 8.03. The van der Waals surface area contributed by atoms with Crippen LogP contribution in [0.4, 0.5) is 10.1 Å². The maximum absolute atomic E-state index is 13.5. The molecule has 0 bridgehead atoms. The number of hydrogen-bond donors (Lipinski definition) is 1. The summed E-state index contributed by atoms with van der Waals surface area (Å²) in [5.74, 6) is -1.33. The van der Waals surface area contributed by atoms with Gasteiger partial charge in [-0.25, -0.2) is 4.39 Å². The van der Waals surface area contributed by atoms with Crippen LogP contribution < -0.4 is 4.90 Å². The number of rotatable bonds is 8. The summed E-state index contributed by atoms with van der Waals surface area (Å²) in [4.78, 5) is 25.5. The summed E-state index contributed by atoms with van der Waals surface area (Å²) in [5, 5.41) is 10.4. The average Bonchev–Trinajstić information content (AvgIpc) is 3.07. The number of carbonyl (C=O) groups excluding carboxylic acids is 2. The number of ether oxygens (including phenoxy) is 1. The minimum atomic E-state index is -1.01. The first-order valence-corrected chi connectivity index (χ1v) is 10.4. The summed E-state index contributed by atoms with van der Waals surface area (Å²) in [7, 11) is 1.22. The van der Waals surface area contributed by atoms with Crippen LogP contribution in [0, 0.1) is 5.82 Å². The number of nitrogens with zero attached hydrogens (tertiary/aromatic N) is 1. The van der Waals surface area contributed by atoms with Crippen LogP contribution >= 0.6 is 0 Å². The first-order valence-electron chi connectivity index (χ1n) is 10.4. The van der Waals surface area contributed by atoms with Gasteiger partial charge in [0, 0.05) is 24.1 Å². The lowest BCUT2D eigenvalue weighted by molar-refractivity contribution is -0.143. The van der Waals surface area contributed by atoms with Crippen LogP contribution in [0.2, 0.25) is 0 Å². The Bertz CT molecular complexity index is 954. The average molecular weight is 426 g/mol. The van der Waals surface area contributed by atoms with Gasteiger partial charge < -0.3 is 14.7 Å². The highest BCUT2D eigenvalue weighted by atomic mass is 19.1. The molecule has 6 heteroatoms. The zero-order valence-electron chi connectivity index (χ0n) is 18.0. The molecule has 1 heterocycles. The third-order valence-electron chi connectivity index (χ3n) is 5.53. The minimum Gasteiger partial charge on any atom is -0.469 e. The maximum Gasteiger partial charge on any atom is 0.313 e. The van der Waals surface area contributed by atoms with Crippen LogP contribution in [0.1, 0.15) is 43.7 Å². The fourth-order valence-corrected chi connectivity index (χ4v) is 4.21. The third-order valence-corrected chi connectivity index (χ3v) is 5.53. The number of benzene rings is 2. The summed E-state index contributed by atoms with van der Waals surface area (Å²) < 4.78 is 18.0. The Morgan fingerprint density at radius 3 is 2.48 bits per heavy atom. The van der Waals surface area contributed by atoms with Crippen molar-refractivity contribution in [2.24, 2.45) is 0 Å². The molecule has 5 nitrogen and oxygen atoms in total. The molecule has 0 unspecified atom stereocenters. The molecular weight excluding hydrogens is 397 g/mol. The molecule has 0 spiro atoms. The molecule has 1 aliphatic heterocycles. The van der Waals surface area contributed by atoms with Crippen molar-refractivity contribution in [3.8, 4) is 0 Å². The fraction of sp³-hybridized carbons (Fsp3) is 0.360. The van der Waals surface area contributed by atoms with Crippen molar-refractivity contribution < 1.29 is 23.8 Å². The molecule has 0 saturated heterocycles. The van der Waals surface area contributed by atoms with E-state index in [9.17, 15) is 19.1 Å². The molecule has 1 N–H and O–H groups in total. The zero-order chi connectivity index (χ0) is 22.5. The summed E-state index contributed by atoms with van der Waals surface area (Å²) in [6.07, 6.45) is 1.99. The van der Waals surface area contributed by atoms with Crippen molar-refractivity contribution in [1.82, 2.24) is 0 Å². The van der Waals surface area contributed by atoms with E-state index >= 15 is 0 Å². The Kier molecular flexibility index (Phi) is 7.23. The van der Waals surface area contributed by atoms with Crippen LogP contribution in [0.15, 0.2) is 60.7 Å². The number of anilines is 1. The van der Waals surface area contributed by atoms with Gasteiger partial charge in [-0.05, 0) is 43.2 Å². The molecule has 0 aliphatic carbocycles. The highest BCUT2D eigenvalue weighted by Crippen LogP contribution is 2.46. The van der Waals surface area contributed by atoms with E-state index in [1.165, 1.54) is 19.2 Å². The largest absolute Gasteiger partial charge is 0.469 e. The monoisotopic (exact) mass is 425 g/mol. The molecule has 0 aromatic heterocycles. The van der Waals surface area contributed by atoms with Gasteiger partial charge in [-0.3, -0.25) is 9.59 Å². The van der Waals surface area contributed by atoms with Crippen molar-refractivity contribution in [3.05, 3.63) is 77.6 Å². The lowest BCUT2D eigenvalue weighted by Crippen LogP contribution is -2.38. The Balaban J connectivity index is 1.89. The number of Topliss-reactive ketones (excluding diaryl/α,β-unsaturated/α-hetero) is 1. The van der Waals surface area contributed by atoms with Gasteiger partial charge in [0.25, 0.3) is 0 Å². The lowest BCUT2D eigenvalue weighted by Gasteiger charge is -2.32. The Labute approximate surface area is 182 Å². The van der Waals surface area contributed by atoms with E-state index in [0.717, 1.165) is 16.8 Å². The molecule has 0 radical (unpaired) electrons. The normalized spacial score (nSPS) is 19.0. The molecule has 0 saturated carbocycles. The van der Waals surface area contributed by atoms with Crippen molar-refractivity contribution in [3.63, 3.8) is 0 Å². The van der Waals surface area contributed by atoms with Crippen LogP contribution in [-0.2, 0) is 14.3 Å². The number of para-hydroxylation sites is 1. The van der Waals surface area contributed by atoms with Gasteiger partial charge in [-0.1, -0.05) is 42.5 Å². The summed E-state index contributed by atoms with van der Waals surface area (Å²) in [6, 6.07) is 14.7. The van der Waals surface area contributed by atoms with E-state index in [1.807, 2.05) is 18.2 Å². The van der Waals surface area contributed by atoms with Crippen LogP contribution in [0.3, 0.4) is 0 Å². The van der Waals surface area contributed by atoms with Crippen molar-refractivity contribution in [1.29, 1.82) is 0 Å². The Morgan fingerprint density at radius 2 is 1.84 bits per heavy atom. The predicted octanol–water partition coefficient (Wildman–Crippen LogP) is 3.99. The summed E-state index contributed by atoms with van der Waals surface area (Å²) in [5.41, 5.74) is 3.20. The molecule has 1 aliphatic rings. The molecule has 0 fully saturated rings. The first kappa shape index (κ1) is 22.7. The highest BCUT2D eigenvalue weighted by molar-refractivity contribution is 5.95. The molecular formula is C25H28FNO4. The number of aliphatic hydroxyl groups is 1. The van der Waals surface area contributed by atoms with E-state index in [-0.39, 0.29) is 42.4 Å². The van der Waals surface area contributed by atoms with Crippen molar-refractivity contribution in [2.75, 3.05) is 12.0 Å². The number of ketones is 1. The fourth-order valence-electron chi connectivity index (χ4n) is 4.21. The number of halogens is 1. The quantitative estimate of drug-likeness (QED) is 0.394. The number of aliphatic hydroxyl groups excluding tert-OH is 1. The molecule has 31 heavy (non-hydrogen) atoms. The zero-order valence-corrected chi connectivity index (χ0v) is 18.0. The standard InChI is InChI=1S/C25H28FNO4/c1-16(2)27-22-7-5-4-6-21(22)25(17-8-10-18(26)11-9-17)23(27)13-12-19(28)14-20(29)15-24(30)31-3/h4-13,16,19,23,25,28H,14-15H2,1-3H3/b13-12+/t19-,23+,25-/m1/s1. The van der Waals surface area contributed by atoms with E-state index in [1.54, 1.807) is 18.2 Å². The molecule has 2 aromatic carbocycles. The van der Waals surface area contributed by atoms with Gasteiger partial charge in [0.15, 0.2) is 0 Å². The Morgan fingerprint density at radius 1 is 1.16 bits per heavy atom. The van der Waals surface area contributed by atoms with Gasteiger partial charge >= 0.3 is 5.97 Å². The topological polar surface area (TPSA) is 66.8 Å². The second-order valence-corrected chi connectivity index (χ2v) is 8.03. The summed E-state index contributed by atoms with van der Waals surface area (Å²) in [6.45, 7) is 4.20. The molecule has 3 atom stereocenters. The predicted molar refractivity (Wildman–Crippen MR) is 117 cm³/mol. The summed E-state index contributed by atoms with van der Waals surface area (Å²) >= 11 is 0. The second kappa shape index (κ2) is 9.88. The van der Waals surface area contributed by atoms with Crippen LogP contribution in [0.25, 0.3) is 0 Å². The van der Waals surface area contributed by atoms with E-state index in [2.05, 4.69) is 35.6 Å². The smallest absolute Gasteiger partial charge is 0.313 e. The lowest BCUT2D eigenvalue weighted by atomic mass is 9.87. The number of esters is 1. The van der Waals surface area contributed by atoms with Gasteiger partial charge in [0.2, 0.25) is 0 Å². The number of hydrogen-bond acceptors (Lipinski definition) is 5. The van der Waals surface area contributed by atoms with E-state index in [4.69, 9.17) is 0 Å². The number of methoxy groups -OCH3 is 1. The van der Waals surface area contributed by atoms with E-state index < -0.39 is 12.1 Å². The minimum absolute atomic E-state index is 0.0478. The number of carbonyl (C=O) groups is 2. The molecule has 3 rings (SSSR count). The van der Waals surface area contributed by atoms with Gasteiger partial charge in [0.05, 0.1) is 19.3 Å². The molecule has 0 amide bonds. The Hall–Kier alpha value is -2.99. The van der Waals surface area contributed by atoms with Crippen LogP contribution in [0.5, 0.6) is 0 Å². The maximum atomic E-state index is 13.5. The first-order chi connectivity index (χ1) is 14.8. The van der Waals surface area contributed by atoms with Crippen LogP contribution in [-0.4, -0.2) is 42.2 Å². The van der Waals surface area contributed by atoms with Crippen molar-refractivity contribution >= 4 is 17.4 Å². The molecule has 2 aromatic rings.